The molecule has 1 amide bonds. The third-order valence-corrected chi connectivity index (χ3v) is 6.28. The second-order valence-electron chi connectivity index (χ2n) is 8.31. The number of hydrogen-bond acceptors (Lipinski definition) is 2. The van der Waals surface area contributed by atoms with Crippen LogP contribution >= 0.6 is 0 Å². The fourth-order valence-electron chi connectivity index (χ4n) is 4.81. The number of amides is 1. The number of nitrogens with zero attached hydrogens (tertiary/aromatic N) is 2. The zero-order chi connectivity index (χ0) is 21.5. The van der Waals surface area contributed by atoms with Crippen LogP contribution in [0.2, 0.25) is 0 Å². The zero-order valence-electron chi connectivity index (χ0n) is 17.5. The van der Waals surface area contributed by atoms with Crippen LogP contribution in [0.5, 0.6) is 0 Å². The number of carboxylic acids is 1. The first-order valence-electron chi connectivity index (χ1n) is 10.6. The number of carboxylic acid groups (broad SMARTS) is 1. The van der Waals surface area contributed by atoms with Crippen LogP contribution < -0.4 is 0 Å². The van der Waals surface area contributed by atoms with Crippen LogP contribution in [-0.2, 0) is 35.5 Å². The van der Waals surface area contributed by atoms with Crippen molar-refractivity contribution < 1.29 is 14.7 Å². The monoisotopic (exact) mass is 412 g/mol. The Kier molecular flexibility index (Phi) is 4.74. The summed E-state index contributed by atoms with van der Waals surface area (Å²) in [5.74, 6) is -0.746. The lowest BCUT2D eigenvalue weighted by Gasteiger charge is -2.28. The molecule has 0 spiro atoms. The molecule has 1 aliphatic heterocycles. The molecule has 3 aromatic carbocycles. The lowest BCUT2D eigenvalue weighted by Crippen LogP contribution is -2.37. The summed E-state index contributed by atoms with van der Waals surface area (Å²) in [6.45, 7) is 3.08. The van der Waals surface area contributed by atoms with Gasteiger partial charge >= 0.3 is 5.97 Å². The van der Waals surface area contributed by atoms with Crippen molar-refractivity contribution in [1.82, 2.24) is 9.47 Å². The van der Waals surface area contributed by atoms with Gasteiger partial charge in [0.1, 0.15) is 6.54 Å². The summed E-state index contributed by atoms with van der Waals surface area (Å²) in [7, 11) is 0. The zero-order valence-corrected chi connectivity index (χ0v) is 17.5. The van der Waals surface area contributed by atoms with Gasteiger partial charge in [0.15, 0.2) is 0 Å². The van der Waals surface area contributed by atoms with Crippen LogP contribution in [0.25, 0.3) is 21.7 Å². The van der Waals surface area contributed by atoms with Gasteiger partial charge in [0.05, 0.1) is 6.42 Å². The first-order valence-corrected chi connectivity index (χ1v) is 10.6. The molecule has 5 heteroatoms. The number of aromatic nitrogens is 1. The van der Waals surface area contributed by atoms with Crippen LogP contribution in [0.3, 0.4) is 0 Å². The second kappa shape index (κ2) is 7.58. The van der Waals surface area contributed by atoms with Crippen molar-refractivity contribution in [3.8, 4) is 0 Å². The molecule has 0 saturated carbocycles. The van der Waals surface area contributed by atoms with E-state index in [-0.39, 0.29) is 12.5 Å². The molecular weight excluding hydrogens is 388 g/mol. The molecule has 5 rings (SSSR count). The highest BCUT2D eigenvalue weighted by atomic mass is 16.4. The van der Waals surface area contributed by atoms with E-state index in [1.54, 1.807) is 0 Å². The van der Waals surface area contributed by atoms with Crippen molar-refractivity contribution in [2.24, 2.45) is 0 Å². The lowest BCUT2D eigenvalue weighted by atomic mass is 10.00. The number of carbonyl (C=O) groups excluding carboxylic acids is 1. The number of aliphatic carboxylic acids is 1. The highest BCUT2D eigenvalue weighted by Gasteiger charge is 2.27. The van der Waals surface area contributed by atoms with E-state index in [9.17, 15) is 14.7 Å². The first kappa shape index (κ1) is 19.4. The van der Waals surface area contributed by atoms with E-state index < -0.39 is 5.97 Å². The molecule has 0 saturated heterocycles. The van der Waals surface area contributed by atoms with Crippen molar-refractivity contribution in [3.63, 3.8) is 0 Å². The SMILES string of the molecule is Cc1ccc2c3c(n(CC(=O)O)c2c1)CCN(C(=O)Cc1cccc2ccccc12)C3. The van der Waals surface area contributed by atoms with Gasteiger partial charge in [0, 0.05) is 41.7 Å². The molecule has 5 nitrogen and oxygen atoms in total. The van der Waals surface area contributed by atoms with Crippen molar-refractivity contribution in [2.45, 2.75) is 32.9 Å². The minimum atomic E-state index is -0.851. The van der Waals surface area contributed by atoms with Crippen LogP contribution in [0.4, 0.5) is 0 Å². The molecular formula is C26H24N2O3. The molecule has 1 aromatic heterocycles. The van der Waals surface area contributed by atoms with Crippen molar-refractivity contribution in [1.29, 1.82) is 0 Å². The smallest absolute Gasteiger partial charge is 0.323 e. The molecule has 0 bridgehead atoms. The topological polar surface area (TPSA) is 62.5 Å². The van der Waals surface area contributed by atoms with Crippen molar-refractivity contribution >= 4 is 33.6 Å². The van der Waals surface area contributed by atoms with Gasteiger partial charge < -0.3 is 14.6 Å². The minimum Gasteiger partial charge on any atom is -0.480 e. The van der Waals surface area contributed by atoms with E-state index in [0.717, 1.165) is 44.1 Å². The molecule has 1 aliphatic rings. The number of rotatable bonds is 4. The molecule has 2 heterocycles. The molecule has 0 atom stereocenters. The first-order chi connectivity index (χ1) is 15.0. The van der Waals surface area contributed by atoms with E-state index in [4.69, 9.17) is 0 Å². The lowest BCUT2D eigenvalue weighted by molar-refractivity contribution is -0.137. The Morgan fingerprint density at radius 3 is 2.65 bits per heavy atom. The van der Waals surface area contributed by atoms with Gasteiger partial charge in [-0.1, -0.05) is 54.6 Å². The Hall–Kier alpha value is -3.60. The van der Waals surface area contributed by atoms with Gasteiger partial charge in [-0.15, -0.1) is 0 Å². The Bertz CT molecular complexity index is 1330. The predicted molar refractivity (Wildman–Crippen MR) is 121 cm³/mol. The van der Waals surface area contributed by atoms with Gasteiger partial charge in [0.25, 0.3) is 0 Å². The molecule has 156 valence electrons. The van der Waals surface area contributed by atoms with Crippen LogP contribution in [0, 0.1) is 6.92 Å². The molecule has 0 fully saturated rings. The highest BCUT2D eigenvalue weighted by Crippen LogP contribution is 2.32. The summed E-state index contributed by atoms with van der Waals surface area (Å²) in [5.41, 5.74) is 5.19. The van der Waals surface area contributed by atoms with E-state index in [0.29, 0.717) is 25.9 Å². The Morgan fingerprint density at radius 2 is 1.81 bits per heavy atom. The summed E-state index contributed by atoms with van der Waals surface area (Å²) in [6, 6.07) is 20.4. The minimum absolute atomic E-state index is 0.0563. The number of carbonyl (C=O) groups is 2. The fraction of sp³-hybridized carbons (Fsp3) is 0.231. The van der Waals surface area contributed by atoms with Crippen molar-refractivity contribution in [3.05, 3.63) is 83.0 Å². The molecule has 1 N–H and O–H groups in total. The molecule has 0 radical (unpaired) electrons. The average Bonchev–Trinajstić information content (AvgIpc) is 3.05. The summed E-state index contributed by atoms with van der Waals surface area (Å²) in [5, 5.41) is 12.7. The number of benzene rings is 3. The largest absolute Gasteiger partial charge is 0.480 e. The van der Waals surface area contributed by atoms with Gasteiger partial charge in [0.2, 0.25) is 5.91 Å². The van der Waals surface area contributed by atoms with Gasteiger partial charge in [-0.2, -0.15) is 0 Å². The molecule has 31 heavy (non-hydrogen) atoms. The van der Waals surface area contributed by atoms with Crippen LogP contribution in [0.15, 0.2) is 60.7 Å². The number of hydrogen-bond donors (Lipinski definition) is 1. The Labute approximate surface area is 180 Å². The number of fused-ring (bicyclic) bond motifs is 4. The third-order valence-electron chi connectivity index (χ3n) is 6.28. The maximum atomic E-state index is 13.2. The van der Waals surface area contributed by atoms with E-state index in [2.05, 4.69) is 24.3 Å². The standard InChI is InChI=1S/C26H24N2O3/c1-17-9-10-21-22-15-27(12-11-23(22)28(16-26(30)31)24(21)13-17)25(29)14-19-7-4-6-18-5-2-3-8-20(18)19/h2-10,13H,11-12,14-16H2,1H3,(H,30,31). The van der Waals surface area contributed by atoms with Crippen LogP contribution in [0.1, 0.15) is 22.4 Å². The summed E-state index contributed by atoms with van der Waals surface area (Å²) < 4.78 is 1.91. The highest BCUT2D eigenvalue weighted by molar-refractivity contribution is 5.91. The molecule has 4 aromatic rings. The quantitative estimate of drug-likeness (QED) is 0.543. The third kappa shape index (κ3) is 3.46. The van der Waals surface area contributed by atoms with E-state index >= 15 is 0 Å². The van der Waals surface area contributed by atoms with Gasteiger partial charge in [-0.25, -0.2) is 0 Å². The van der Waals surface area contributed by atoms with Gasteiger partial charge in [-0.3, -0.25) is 9.59 Å². The Morgan fingerprint density at radius 1 is 1.00 bits per heavy atom. The maximum absolute atomic E-state index is 13.2. The second-order valence-corrected chi connectivity index (χ2v) is 8.31. The fourth-order valence-corrected chi connectivity index (χ4v) is 4.81. The molecule has 0 aliphatic carbocycles. The van der Waals surface area contributed by atoms with Gasteiger partial charge in [-0.05, 0) is 34.9 Å². The predicted octanol–water partition coefficient (Wildman–Crippen LogP) is 4.31. The normalized spacial score (nSPS) is 13.5. The van der Waals surface area contributed by atoms with E-state index in [1.807, 2.05) is 52.8 Å². The summed E-state index contributed by atoms with van der Waals surface area (Å²) >= 11 is 0. The summed E-state index contributed by atoms with van der Waals surface area (Å²) in [6.07, 6.45) is 1.03. The summed E-state index contributed by atoms with van der Waals surface area (Å²) in [4.78, 5) is 26.6. The molecule has 0 unspecified atom stereocenters. The maximum Gasteiger partial charge on any atom is 0.323 e. The van der Waals surface area contributed by atoms with E-state index in [1.165, 1.54) is 0 Å². The van der Waals surface area contributed by atoms with Crippen LogP contribution in [-0.4, -0.2) is 33.0 Å². The number of aryl methyl sites for hydroxylation is 1. The Balaban J connectivity index is 1.47. The average molecular weight is 412 g/mol. The van der Waals surface area contributed by atoms with Crippen molar-refractivity contribution in [2.75, 3.05) is 6.54 Å².